The summed E-state index contributed by atoms with van der Waals surface area (Å²) < 4.78 is 36.2. The fourth-order valence-electron chi connectivity index (χ4n) is 3.05. The van der Waals surface area contributed by atoms with Gasteiger partial charge in [0.15, 0.2) is 6.10 Å². The molecule has 154 valence electrons. The highest BCUT2D eigenvalue weighted by Gasteiger charge is 2.31. The van der Waals surface area contributed by atoms with Gasteiger partial charge in [-0.15, -0.1) is 0 Å². The van der Waals surface area contributed by atoms with Crippen LogP contribution in [0.5, 0.6) is 5.75 Å². The Morgan fingerprint density at radius 3 is 2.48 bits per heavy atom. The Morgan fingerprint density at radius 2 is 1.86 bits per heavy atom. The zero-order valence-electron chi connectivity index (χ0n) is 16.3. The number of fused-ring (bicyclic) bond motifs is 1. The van der Waals surface area contributed by atoms with Crippen molar-refractivity contribution in [2.24, 2.45) is 0 Å². The van der Waals surface area contributed by atoms with Crippen LogP contribution in [0.1, 0.15) is 22.3 Å². The van der Waals surface area contributed by atoms with Crippen LogP contribution in [0.25, 0.3) is 0 Å². The number of ether oxygens (including phenoxy) is 2. The summed E-state index contributed by atoms with van der Waals surface area (Å²) in [6.45, 7) is 1.97. The van der Waals surface area contributed by atoms with Gasteiger partial charge in [-0.25, -0.2) is 13.2 Å². The van der Waals surface area contributed by atoms with E-state index in [1.165, 1.54) is 11.4 Å². The summed E-state index contributed by atoms with van der Waals surface area (Å²) in [5.41, 5.74) is 2.16. The molecule has 29 heavy (non-hydrogen) atoms. The van der Waals surface area contributed by atoms with Gasteiger partial charge in [0.25, 0.3) is 5.91 Å². The predicted octanol–water partition coefficient (Wildman–Crippen LogP) is 2.34. The standard InChI is InChI=1S/C20H22N2O6S/c1-13-4-9-17-16(12-13)22(29(3,25)26)11-10-18(28-17)19(23)21-15-7-5-14(6-8-15)20(24)27-2/h4-9,12,18H,10-11H2,1-3H3,(H,21,23)/t18-/m1/s1. The van der Waals surface area contributed by atoms with E-state index in [1.807, 2.05) is 6.92 Å². The number of aryl methyl sites for hydroxylation is 1. The van der Waals surface area contributed by atoms with E-state index in [1.54, 1.807) is 42.5 Å². The van der Waals surface area contributed by atoms with Crippen LogP contribution < -0.4 is 14.4 Å². The van der Waals surface area contributed by atoms with Crippen molar-refractivity contribution in [2.75, 3.05) is 29.5 Å². The number of anilines is 2. The number of benzene rings is 2. The SMILES string of the molecule is COC(=O)c1ccc(NC(=O)[C@H]2CCN(S(C)(=O)=O)c3cc(C)ccc3O2)cc1. The predicted molar refractivity (Wildman–Crippen MR) is 109 cm³/mol. The van der Waals surface area contributed by atoms with Crippen LogP contribution >= 0.6 is 0 Å². The maximum Gasteiger partial charge on any atom is 0.337 e. The van der Waals surface area contributed by atoms with Crippen LogP contribution in [0.3, 0.4) is 0 Å². The van der Waals surface area contributed by atoms with Gasteiger partial charge >= 0.3 is 5.97 Å². The topological polar surface area (TPSA) is 102 Å². The Balaban J connectivity index is 1.80. The lowest BCUT2D eigenvalue weighted by atomic mass is 10.2. The second kappa shape index (κ2) is 8.12. The minimum atomic E-state index is -3.53. The molecule has 8 nitrogen and oxygen atoms in total. The second-order valence-electron chi connectivity index (χ2n) is 6.76. The highest BCUT2D eigenvalue weighted by molar-refractivity contribution is 7.92. The van der Waals surface area contributed by atoms with Crippen molar-refractivity contribution in [2.45, 2.75) is 19.4 Å². The maximum atomic E-state index is 12.7. The van der Waals surface area contributed by atoms with Gasteiger partial charge in [-0.3, -0.25) is 9.10 Å². The molecule has 0 unspecified atom stereocenters. The molecule has 1 aliphatic rings. The Hall–Kier alpha value is -3.07. The average molecular weight is 418 g/mol. The van der Waals surface area contributed by atoms with Crippen molar-refractivity contribution in [3.05, 3.63) is 53.6 Å². The highest BCUT2D eigenvalue weighted by Crippen LogP contribution is 2.35. The maximum absolute atomic E-state index is 12.7. The molecule has 0 radical (unpaired) electrons. The van der Waals surface area contributed by atoms with Crippen molar-refractivity contribution in [1.29, 1.82) is 0 Å². The van der Waals surface area contributed by atoms with E-state index in [0.717, 1.165) is 11.8 Å². The van der Waals surface area contributed by atoms with Gasteiger partial charge in [-0.2, -0.15) is 0 Å². The average Bonchev–Trinajstić information content (AvgIpc) is 2.87. The molecule has 1 N–H and O–H groups in total. The fourth-order valence-corrected chi connectivity index (χ4v) is 3.99. The molecule has 9 heteroatoms. The quantitative estimate of drug-likeness (QED) is 0.765. The molecular formula is C20H22N2O6S. The molecule has 1 aliphatic heterocycles. The third kappa shape index (κ3) is 4.68. The van der Waals surface area contributed by atoms with Crippen LogP contribution in [0.15, 0.2) is 42.5 Å². The summed E-state index contributed by atoms with van der Waals surface area (Å²) in [5, 5.41) is 2.74. The van der Waals surface area contributed by atoms with Crippen LogP contribution in [-0.2, 0) is 19.6 Å². The summed E-state index contributed by atoms with van der Waals surface area (Å²) >= 11 is 0. The Labute approximate surface area is 169 Å². The second-order valence-corrected chi connectivity index (χ2v) is 8.67. The minimum absolute atomic E-state index is 0.120. The molecule has 1 atom stereocenters. The molecule has 0 spiro atoms. The molecule has 2 aromatic carbocycles. The highest BCUT2D eigenvalue weighted by atomic mass is 32.2. The number of sulfonamides is 1. The number of amides is 1. The summed E-state index contributed by atoms with van der Waals surface area (Å²) in [5.74, 6) is -0.542. The molecule has 0 aromatic heterocycles. The number of rotatable bonds is 4. The van der Waals surface area contributed by atoms with Crippen LogP contribution in [-0.4, -0.2) is 46.3 Å². The molecule has 0 saturated heterocycles. The Morgan fingerprint density at radius 1 is 1.17 bits per heavy atom. The molecule has 0 aliphatic carbocycles. The third-order valence-electron chi connectivity index (χ3n) is 4.51. The zero-order chi connectivity index (χ0) is 21.2. The van der Waals surface area contributed by atoms with E-state index < -0.39 is 28.0 Å². The van der Waals surface area contributed by atoms with Gasteiger partial charge < -0.3 is 14.8 Å². The summed E-state index contributed by atoms with van der Waals surface area (Å²) in [6.07, 6.45) is 0.443. The van der Waals surface area contributed by atoms with Crippen molar-refractivity contribution in [3.8, 4) is 5.75 Å². The zero-order valence-corrected chi connectivity index (χ0v) is 17.2. The van der Waals surface area contributed by atoms with Gasteiger partial charge in [0, 0.05) is 18.7 Å². The third-order valence-corrected chi connectivity index (χ3v) is 5.69. The number of hydrogen-bond acceptors (Lipinski definition) is 6. The first-order valence-electron chi connectivity index (χ1n) is 8.93. The van der Waals surface area contributed by atoms with Crippen molar-refractivity contribution >= 4 is 33.3 Å². The number of hydrogen-bond donors (Lipinski definition) is 1. The number of carbonyl (C=O) groups is 2. The normalized spacial score (nSPS) is 16.2. The van der Waals surface area contributed by atoms with Gasteiger partial charge in [-0.1, -0.05) is 6.07 Å². The monoisotopic (exact) mass is 418 g/mol. The van der Waals surface area contributed by atoms with Gasteiger partial charge in [0.1, 0.15) is 5.75 Å². The summed E-state index contributed by atoms with van der Waals surface area (Å²) in [7, 11) is -2.23. The van der Waals surface area contributed by atoms with Crippen molar-refractivity contribution < 1.29 is 27.5 Å². The van der Waals surface area contributed by atoms with E-state index in [2.05, 4.69) is 10.1 Å². The number of methoxy groups -OCH3 is 1. The van der Waals surface area contributed by atoms with Crippen molar-refractivity contribution in [3.63, 3.8) is 0 Å². The molecule has 0 saturated carbocycles. The first kappa shape index (κ1) is 20.7. The molecule has 1 heterocycles. The molecule has 0 bridgehead atoms. The number of nitrogens with one attached hydrogen (secondary N) is 1. The van der Waals surface area contributed by atoms with Crippen molar-refractivity contribution in [1.82, 2.24) is 0 Å². The van der Waals surface area contributed by atoms with Crippen LogP contribution in [0.4, 0.5) is 11.4 Å². The summed E-state index contributed by atoms with van der Waals surface area (Å²) in [6, 6.07) is 11.4. The first-order chi connectivity index (χ1) is 13.7. The van der Waals surface area contributed by atoms with Gasteiger partial charge in [0.2, 0.25) is 10.0 Å². The lowest BCUT2D eigenvalue weighted by Gasteiger charge is -2.21. The van der Waals surface area contributed by atoms with Gasteiger partial charge in [0.05, 0.1) is 24.6 Å². The Kier molecular flexibility index (Phi) is 5.78. The van der Waals surface area contributed by atoms with Crippen LogP contribution in [0.2, 0.25) is 0 Å². The van der Waals surface area contributed by atoms with Crippen LogP contribution in [0, 0.1) is 6.92 Å². The lowest BCUT2D eigenvalue weighted by molar-refractivity contribution is -0.122. The molecular weight excluding hydrogens is 396 g/mol. The largest absolute Gasteiger partial charge is 0.478 e. The van der Waals surface area contributed by atoms with E-state index >= 15 is 0 Å². The number of nitrogens with zero attached hydrogens (tertiary/aromatic N) is 1. The van der Waals surface area contributed by atoms with E-state index in [0.29, 0.717) is 22.7 Å². The number of carbonyl (C=O) groups excluding carboxylic acids is 2. The van der Waals surface area contributed by atoms with E-state index in [-0.39, 0.29) is 13.0 Å². The molecule has 1 amide bonds. The number of esters is 1. The molecule has 2 aromatic rings. The van der Waals surface area contributed by atoms with E-state index in [9.17, 15) is 18.0 Å². The fraction of sp³-hybridized carbons (Fsp3) is 0.300. The Bertz CT molecular complexity index is 1030. The molecule has 3 rings (SSSR count). The van der Waals surface area contributed by atoms with E-state index in [4.69, 9.17) is 4.74 Å². The summed E-state index contributed by atoms with van der Waals surface area (Å²) in [4.78, 5) is 24.2. The molecule has 0 fully saturated rings. The first-order valence-corrected chi connectivity index (χ1v) is 10.8. The minimum Gasteiger partial charge on any atom is -0.478 e. The smallest absolute Gasteiger partial charge is 0.337 e. The lowest BCUT2D eigenvalue weighted by Crippen LogP contribution is -2.36. The van der Waals surface area contributed by atoms with Gasteiger partial charge in [-0.05, 0) is 48.9 Å².